The van der Waals surface area contributed by atoms with Gasteiger partial charge in [0.25, 0.3) is 5.91 Å². The van der Waals surface area contributed by atoms with Crippen LogP contribution >= 0.6 is 0 Å². The monoisotopic (exact) mass is 358 g/mol. The Morgan fingerprint density at radius 3 is 2.73 bits per heavy atom. The summed E-state index contributed by atoms with van der Waals surface area (Å²) in [5.74, 6) is -1.16. The summed E-state index contributed by atoms with van der Waals surface area (Å²) in [7, 11) is 0. The van der Waals surface area contributed by atoms with E-state index in [-0.39, 0.29) is 6.04 Å². The first-order valence-electron chi connectivity index (χ1n) is 8.66. The van der Waals surface area contributed by atoms with E-state index in [1.807, 2.05) is 24.3 Å². The van der Waals surface area contributed by atoms with Crippen LogP contribution in [-0.2, 0) is 21.5 Å². The molecule has 1 aromatic rings. The Morgan fingerprint density at radius 2 is 2.00 bits per heavy atom. The third-order valence-electron chi connectivity index (χ3n) is 4.63. The van der Waals surface area contributed by atoms with Crippen LogP contribution in [0.5, 0.6) is 0 Å². The summed E-state index contributed by atoms with van der Waals surface area (Å²) in [5, 5.41) is 7.42. The van der Waals surface area contributed by atoms with Gasteiger partial charge in [0.15, 0.2) is 0 Å². The molecule has 0 bridgehead atoms. The summed E-state index contributed by atoms with van der Waals surface area (Å²) in [5.41, 5.74) is 0.687. The number of carbonyl (C=O) groups excluding carboxylic acids is 4. The van der Waals surface area contributed by atoms with Crippen LogP contribution in [0.15, 0.2) is 24.3 Å². The van der Waals surface area contributed by atoms with Crippen molar-refractivity contribution in [2.24, 2.45) is 0 Å². The average Bonchev–Trinajstić information content (AvgIpc) is 2.79. The Bertz CT molecular complexity index is 776. The second kappa shape index (κ2) is 6.78. The molecule has 2 aliphatic rings. The number of carbonyl (C=O) groups is 4. The van der Waals surface area contributed by atoms with E-state index in [9.17, 15) is 19.2 Å². The molecule has 1 aliphatic heterocycles. The van der Waals surface area contributed by atoms with E-state index in [1.165, 1.54) is 0 Å². The molecule has 0 saturated carbocycles. The van der Waals surface area contributed by atoms with Crippen molar-refractivity contribution in [3.05, 3.63) is 35.4 Å². The fourth-order valence-electron chi connectivity index (χ4n) is 3.56. The lowest BCUT2D eigenvalue weighted by atomic mass is 9.76. The van der Waals surface area contributed by atoms with Crippen LogP contribution in [0.2, 0.25) is 0 Å². The summed E-state index contributed by atoms with van der Waals surface area (Å²) in [4.78, 5) is 49.9. The summed E-state index contributed by atoms with van der Waals surface area (Å²) in [6, 6.07) is 6.10. The Labute approximate surface area is 151 Å². The number of aryl methyl sites for hydroxylation is 1. The van der Waals surface area contributed by atoms with E-state index < -0.39 is 36.0 Å². The van der Waals surface area contributed by atoms with Gasteiger partial charge in [-0.05, 0) is 44.2 Å². The molecular formula is C18H22N4O4. The maximum absolute atomic E-state index is 13.0. The molecule has 138 valence electrons. The highest BCUT2D eigenvalue weighted by atomic mass is 16.2. The molecular weight excluding hydrogens is 336 g/mol. The first-order chi connectivity index (χ1) is 12.3. The number of fused-ring (bicyclic) bond motifs is 2. The number of nitrogens with one attached hydrogen (secondary N) is 3. The fourth-order valence-corrected chi connectivity index (χ4v) is 3.56. The molecule has 1 spiro atoms. The quantitative estimate of drug-likeness (QED) is 0.701. The zero-order valence-electron chi connectivity index (χ0n) is 14.8. The number of urea groups is 2. The number of imide groups is 2. The largest absolute Gasteiger partial charge is 0.336 e. The maximum atomic E-state index is 13.0. The molecule has 3 rings (SSSR count). The van der Waals surface area contributed by atoms with Crippen LogP contribution in [0.3, 0.4) is 0 Å². The number of amides is 6. The summed E-state index contributed by atoms with van der Waals surface area (Å²) < 4.78 is 0. The smallest absolute Gasteiger partial charge is 0.325 e. The van der Waals surface area contributed by atoms with Gasteiger partial charge in [0.2, 0.25) is 5.91 Å². The zero-order chi connectivity index (χ0) is 18.9. The van der Waals surface area contributed by atoms with Crippen molar-refractivity contribution in [2.45, 2.75) is 44.7 Å². The molecule has 0 radical (unpaired) electrons. The first kappa shape index (κ1) is 17.9. The molecule has 1 aliphatic carbocycles. The lowest BCUT2D eigenvalue weighted by molar-refractivity contribution is -0.135. The van der Waals surface area contributed by atoms with Gasteiger partial charge in [-0.25, -0.2) is 9.59 Å². The van der Waals surface area contributed by atoms with E-state index in [4.69, 9.17) is 0 Å². The molecule has 1 fully saturated rings. The van der Waals surface area contributed by atoms with Crippen LogP contribution in [0, 0.1) is 0 Å². The number of nitrogens with zero attached hydrogens (tertiary/aromatic N) is 1. The molecule has 6 amide bonds. The Balaban J connectivity index is 1.76. The minimum Gasteiger partial charge on any atom is -0.336 e. The highest BCUT2D eigenvalue weighted by Crippen LogP contribution is 2.39. The predicted octanol–water partition coefficient (Wildman–Crippen LogP) is 1.00. The molecule has 1 unspecified atom stereocenters. The van der Waals surface area contributed by atoms with Gasteiger partial charge in [0, 0.05) is 6.04 Å². The van der Waals surface area contributed by atoms with Gasteiger partial charge in [-0.15, -0.1) is 0 Å². The van der Waals surface area contributed by atoms with Crippen molar-refractivity contribution in [3.8, 4) is 0 Å². The van der Waals surface area contributed by atoms with Crippen LogP contribution in [0.4, 0.5) is 9.59 Å². The summed E-state index contributed by atoms with van der Waals surface area (Å²) in [6.45, 7) is 3.01. The van der Waals surface area contributed by atoms with Crippen LogP contribution in [0.1, 0.15) is 37.8 Å². The van der Waals surface area contributed by atoms with Crippen LogP contribution in [0.25, 0.3) is 0 Å². The fraction of sp³-hybridized carbons (Fsp3) is 0.444. The minimum atomic E-state index is -1.12. The number of benzene rings is 1. The van der Waals surface area contributed by atoms with E-state index in [0.29, 0.717) is 6.42 Å². The van der Waals surface area contributed by atoms with E-state index in [0.717, 1.165) is 28.9 Å². The summed E-state index contributed by atoms with van der Waals surface area (Å²) in [6.07, 6.45) is 2.09. The third kappa shape index (κ3) is 3.14. The van der Waals surface area contributed by atoms with Crippen LogP contribution < -0.4 is 16.0 Å². The van der Waals surface area contributed by atoms with Crippen molar-refractivity contribution in [2.75, 3.05) is 6.54 Å². The zero-order valence-corrected chi connectivity index (χ0v) is 14.8. The Morgan fingerprint density at radius 1 is 1.27 bits per heavy atom. The molecule has 8 heteroatoms. The van der Waals surface area contributed by atoms with Gasteiger partial charge in [0.05, 0.1) is 0 Å². The van der Waals surface area contributed by atoms with E-state index in [1.54, 1.807) is 13.8 Å². The van der Waals surface area contributed by atoms with Crippen molar-refractivity contribution >= 4 is 23.9 Å². The van der Waals surface area contributed by atoms with Crippen molar-refractivity contribution in [1.29, 1.82) is 0 Å². The average molecular weight is 358 g/mol. The van der Waals surface area contributed by atoms with Crippen LogP contribution in [-0.4, -0.2) is 41.4 Å². The second-order valence-corrected chi connectivity index (χ2v) is 6.91. The molecule has 8 nitrogen and oxygen atoms in total. The molecule has 1 saturated heterocycles. The van der Waals surface area contributed by atoms with E-state index >= 15 is 0 Å². The topological polar surface area (TPSA) is 108 Å². The standard InChI is InChI=1S/C18H22N4O4/c1-11(2)19-16(25)20-14(23)10-22-15(24)18(21-17(22)26)9-5-7-12-6-3-4-8-13(12)18/h3-4,6,8,11H,5,7,9-10H2,1-2H3,(H,21,26)(H2,19,20,23,25). The van der Waals surface area contributed by atoms with Gasteiger partial charge in [-0.3, -0.25) is 19.8 Å². The van der Waals surface area contributed by atoms with Gasteiger partial charge < -0.3 is 10.6 Å². The predicted molar refractivity (Wildman–Crippen MR) is 93.1 cm³/mol. The van der Waals surface area contributed by atoms with Crippen molar-refractivity contribution in [1.82, 2.24) is 20.9 Å². The molecule has 1 aromatic carbocycles. The van der Waals surface area contributed by atoms with Gasteiger partial charge in [0.1, 0.15) is 12.1 Å². The first-order valence-corrected chi connectivity index (χ1v) is 8.66. The number of rotatable bonds is 3. The van der Waals surface area contributed by atoms with Gasteiger partial charge >= 0.3 is 12.1 Å². The Kier molecular flexibility index (Phi) is 4.67. The molecule has 1 atom stereocenters. The molecule has 1 heterocycles. The van der Waals surface area contributed by atoms with Crippen molar-refractivity contribution in [3.63, 3.8) is 0 Å². The highest BCUT2D eigenvalue weighted by molar-refractivity contribution is 6.10. The Hall–Kier alpha value is -2.90. The van der Waals surface area contributed by atoms with Gasteiger partial charge in [-0.1, -0.05) is 24.3 Å². The van der Waals surface area contributed by atoms with Crippen molar-refractivity contribution < 1.29 is 19.2 Å². The normalized spacial score (nSPS) is 21.6. The third-order valence-corrected chi connectivity index (χ3v) is 4.63. The van der Waals surface area contributed by atoms with Gasteiger partial charge in [-0.2, -0.15) is 0 Å². The minimum absolute atomic E-state index is 0.137. The molecule has 26 heavy (non-hydrogen) atoms. The molecule has 3 N–H and O–H groups in total. The second-order valence-electron chi connectivity index (χ2n) is 6.91. The number of hydrogen-bond donors (Lipinski definition) is 3. The van der Waals surface area contributed by atoms with E-state index in [2.05, 4.69) is 16.0 Å². The molecule has 0 aromatic heterocycles. The number of hydrogen-bond acceptors (Lipinski definition) is 4. The highest BCUT2D eigenvalue weighted by Gasteiger charge is 2.54. The lowest BCUT2D eigenvalue weighted by Crippen LogP contribution is -2.49. The summed E-state index contributed by atoms with van der Waals surface area (Å²) >= 11 is 0. The maximum Gasteiger partial charge on any atom is 0.325 e. The SMILES string of the molecule is CC(C)NC(=O)NC(=O)CN1C(=O)NC2(CCCc3ccccc32)C1=O. The lowest BCUT2D eigenvalue weighted by Gasteiger charge is -2.33.